The van der Waals surface area contributed by atoms with E-state index in [1.165, 1.54) is 18.2 Å². The third-order valence-electron chi connectivity index (χ3n) is 5.33. The highest BCUT2D eigenvalue weighted by atomic mass is 19.4. The molecular weight excluding hydrogens is 507 g/mol. The fourth-order valence-electron chi connectivity index (χ4n) is 3.46. The van der Waals surface area contributed by atoms with Gasteiger partial charge in [0.05, 0.1) is 6.04 Å². The molecule has 0 aliphatic rings. The number of alkyl halides is 7. The van der Waals surface area contributed by atoms with Crippen LogP contribution in [0.4, 0.5) is 30.7 Å². The smallest absolute Gasteiger partial charge is 0.457 e. The Morgan fingerprint density at radius 1 is 0.811 bits per heavy atom. The Labute approximate surface area is 208 Å². The van der Waals surface area contributed by atoms with E-state index in [2.05, 4.69) is 10.1 Å². The minimum absolute atomic E-state index is 0.127. The van der Waals surface area contributed by atoms with Crippen molar-refractivity contribution in [2.75, 3.05) is 6.54 Å². The average molecular weight is 531 g/mol. The van der Waals surface area contributed by atoms with Gasteiger partial charge in [0.2, 0.25) is 0 Å². The van der Waals surface area contributed by atoms with E-state index >= 15 is 0 Å². The molecule has 37 heavy (non-hydrogen) atoms. The molecule has 0 saturated heterocycles. The maximum absolute atomic E-state index is 13.4. The lowest BCUT2D eigenvalue weighted by Gasteiger charge is -2.24. The van der Waals surface area contributed by atoms with Gasteiger partial charge in [-0.1, -0.05) is 43.3 Å². The number of aliphatic hydroxyl groups excluding tert-OH is 1. The van der Waals surface area contributed by atoms with Gasteiger partial charge >= 0.3 is 18.7 Å². The average Bonchev–Trinajstić information content (AvgIpc) is 2.84. The fourth-order valence-corrected chi connectivity index (χ4v) is 3.46. The summed E-state index contributed by atoms with van der Waals surface area (Å²) in [6.45, 7) is 1.04. The highest BCUT2D eigenvalue weighted by Gasteiger charge is 2.44. The Kier molecular flexibility index (Phi) is 9.03. The van der Waals surface area contributed by atoms with Crippen molar-refractivity contribution in [3.8, 4) is 17.2 Å². The van der Waals surface area contributed by atoms with E-state index in [1.807, 2.05) is 25.1 Å². The summed E-state index contributed by atoms with van der Waals surface area (Å²) in [5, 5.41) is 12.0. The molecule has 4 nitrogen and oxygen atoms in total. The van der Waals surface area contributed by atoms with Crippen LogP contribution in [0.5, 0.6) is 17.2 Å². The Bertz CT molecular complexity index is 1170. The Balaban J connectivity index is 1.94. The second-order valence-corrected chi connectivity index (χ2v) is 8.11. The summed E-state index contributed by atoms with van der Waals surface area (Å²) in [5.74, 6) is 0.249. The molecule has 0 saturated carbocycles. The molecule has 2 N–H and O–H groups in total. The first kappa shape index (κ1) is 28.3. The first-order chi connectivity index (χ1) is 17.4. The van der Waals surface area contributed by atoms with Gasteiger partial charge in [-0.05, 0) is 59.5 Å². The van der Waals surface area contributed by atoms with Crippen molar-refractivity contribution in [1.29, 1.82) is 0 Å². The van der Waals surface area contributed by atoms with Gasteiger partial charge in [-0.25, -0.2) is 0 Å². The van der Waals surface area contributed by atoms with E-state index in [1.54, 1.807) is 24.3 Å². The van der Waals surface area contributed by atoms with Crippen molar-refractivity contribution in [1.82, 2.24) is 5.32 Å². The van der Waals surface area contributed by atoms with E-state index in [0.717, 1.165) is 24.1 Å². The van der Waals surface area contributed by atoms with E-state index < -0.39 is 43.2 Å². The van der Waals surface area contributed by atoms with Crippen molar-refractivity contribution >= 4 is 0 Å². The van der Waals surface area contributed by atoms with E-state index in [4.69, 9.17) is 4.74 Å². The molecule has 0 aromatic heterocycles. The molecule has 3 aromatic carbocycles. The van der Waals surface area contributed by atoms with Crippen molar-refractivity contribution in [3.63, 3.8) is 0 Å². The zero-order chi connectivity index (χ0) is 27.2. The van der Waals surface area contributed by atoms with Crippen LogP contribution in [0.1, 0.15) is 29.7 Å². The standard InChI is InChI=1S/C26H24F7NO3/c1-2-16-6-3-9-19(12-16)36-20-10-4-7-17(13-20)23(34-15-22(35)25(29,30)31)18-8-5-11-21(14-18)37-26(32,33)24(27)28/h3-14,22-24,34-35H,2,15H2,1H3/t22-,23?/m1/s1. The van der Waals surface area contributed by atoms with Crippen molar-refractivity contribution in [2.24, 2.45) is 0 Å². The molecular formula is C26H24F7NO3. The zero-order valence-electron chi connectivity index (χ0n) is 19.5. The van der Waals surface area contributed by atoms with Gasteiger partial charge in [0.1, 0.15) is 17.2 Å². The van der Waals surface area contributed by atoms with Crippen LogP contribution in [0.15, 0.2) is 72.8 Å². The summed E-state index contributed by atoms with van der Waals surface area (Å²) in [5.41, 5.74) is 1.50. The van der Waals surface area contributed by atoms with Gasteiger partial charge in [0, 0.05) is 6.54 Å². The van der Waals surface area contributed by atoms with Crippen LogP contribution in [-0.2, 0) is 6.42 Å². The fraction of sp³-hybridized carbons (Fsp3) is 0.308. The first-order valence-electron chi connectivity index (χ1n) is 11.2. The number of aryl methyl sites for hydroxylation is 1. The maximum atomic E-state index is 13.4. The number of rotatable bonds is 11. The molecule has 200 valence electrons. The molecule has 3 aromatic rings. The molecule has 1 unspecified atom stereocenters. The Morgan fingerprint density at radius 2 is 1.35 bits per heavy atom. The second kappa shape index (κ2) is 11.8. The predicted octanol–water partition coefficient (Wildman–Crippen LogP) is 6.88. The van der Waals surface area contributed by atoms with Crippen LogP contribution >= 0.6 is 0 Å². The van der Waals surface area contributed by atoms with Gasteiger partial charge in [-0.3, -0.25) is 0 Å². The summed E-state index contributed by atoms with van der Waals surface area (Å²) in [6.07, 6.45) is -15.7. The Morgan fingerprint density at radius 3 is 1.92 bits per heavy atom. The van der Waals surface area contributed by atoms with Crippen LogP contribution in [0.2, 0.25) is 0 Å². The predicted molar refractivity (Wildman–Crippen MR) is 122 cm³/mol. The topological polar surface area (TPSA) is 50.7 Å². The number of hydrogen-bond acceptors (Lipinski definition) is 4. The van der Waals surface area contributed by atoms with Gasteiger partial charge in [0.15, 0.2) is 6.10 Å². The lowest BCUT2D eigenvalue weighted by Crippen LogP contribution is -2.40. The summed E-state index contributed by atoms with van der Waals surface area (Å²) >= 11 is 0. The van der Waals surface area contributed by atoms with Gasteiger partial charge in [-0.2, -0.15) is 30.7 Å². The molecule has 0 fully saturated rings. The molecule has 0 amide bonds. The third-order valence-corrected chi connectivity index (χ3v) is 5.33. The number of nitrogens with one attached hydrogen (secondary N) is 1. The minimum Gasteiger partial charge on any atom is -0.457 e. The van der Waals surface area contributed by atoms with Crippen LogP contribution in [0.25, 0.3) is 0 Å². The summed E-state index contributed by atoms with van der Waals surface area (Å²) < 4.78 is 101. The molecule has 11 heteroatoms. The van der Waals surface area contributed by atoms with Crippen LogP contribution in [0.3, 0.4) is 0 Å². The highest BCUT2D eigenvalue weighted by Crippen LogP contribution is 2.33. The van der Waals surface area contributed by atoms with E-state index in [0.29, 0.717) is 17.1 Å². The second-order valence-electron chi connectivity index (χ2n) is 8.11. The quantitative estimate of drug-likeness (QED) is 0.265. The third kappa shape index (κ3) is 7.83. The number of aliphatic hydroxyl groups is 1. The van der Waals surface area contributed by atoms with E-state index in [-0.39, 0.29) is 5.56 Å². The monoisotopic (exact) mass is 531 g/mol. The molecule has 3 rings (SSSR count). The number of hydrogen-bond donors (Lipinski definition) is 2. The van der Waals surface area contributed by atoms with Crippen LogP contribution in [0, 0.1) is 0 Å². The molecule has 0 radical (unpaired) electrons. The largest absolute Gasteiger partial charge is 0.461 e. The van der Waals surface area contributed by atoms with Gasteiger partial charge in [-0.15, -0.1) is 0 Å². The normalized spacial score (nSPS) is 13.9. The number of ether oxygens (including phenoxy) is 2. The number of halogens is 7. The molecule has 0 spiro atoms. The zero-order valence-corrected chi connectivity index (χ0v) is 19.5. The maximum Gasteiger partial charge on any atom is 0.461 e. The van der Waals surface area contributed by atoms with E-state index in [9.17, 15) is 35.8 Å². The summed E-state index contributed by atoms with van der Waals surface area (Å²) in [4.78, 5) is 0. The molecule has 2 atom stereocenters. The van der Waals surface area contributed by atoms with Crippen molar-refractivity contribution in [3.05, 3.63) is 89.5 Å². The number of benzene rings is 3. The van der Waals surface area contributed by atoms with Crippen molar-refractivity contribution in [2.45, 2.75) is 44.2 Å². The first-order valence-corrected chi connectivity index (χ1v) is 11.2. The Hall–Kier alpha value is -3.31. The van der Waals surface area contributed by atoms with Crippen LogP contribution in [-0.4, -0.2) is 36.5 Å². The molecule has 0 aliphatic carbocycles. The van der Waals surface area contributed by atoms with Gasteiger partial charge < -0.3 is 19.9 Å². The lowest BCUT2D eigenvalue weighted by molar-refractivity contribution is -0.253. The SMILES string of the molecule is CCc1cccc(Oc2cccc(C(NC[C@@H](O)C(F)(F)F)c3cccc(OC(F)(F)C(F)F)c3)c2)c1. The van der Waals surface area contributed by atoms with Crippen molar-refractivity contribution < 1.29 is 45.3 Å². The molecule has 0 bridgehead atoms. The molecule has 0 aliphatic heterocycles. The summed E-state index contributed by atoms with van der Waals surface area (Å²) in [6, 6.07) is 17.1. The summed E-state index contributed by atoms with van der Waals surface area (Å²) in [7, 11) is 0. The minimum atomic E-state index is -4.91. The molecule has 0 heterocycles. The highest BCUT2D eigenvalue weighted by molar-refractivity contribution is 5.41. The van der Waals surface area contributed by atoms with Crippen LogP contribution < -0.4 is 14.8 Å². The lowest BCUT2D eigenvalue weighted by atomic mass is 9.98. The van der Waals surface area contributed by atoms with Gasteiger partial charge in [0.25, 0.3) is 0 Å².